The summed E-state index contributed by atoms with van der Waals surface area (Å²) in [5.41, 5.74) is -14.4. The Balaban J connectivity index is 1.79. The fraction of sp³-hybridized carbons (Fsp3) is 0.379. The van der Waals surface area contributed by atoms with Gasteiger partial charge >= 0.3 is 437 Å². The summed E-state index contributed by atoms with van der Waals surface area (Å²) in [7, 11) is 0. The van der Waals surface area contributed by atoms with Crippen LogP contribution in [0, 0.1) is 0 Å². The molecule has 75 heavy (non-hydrogen) atoms. The van der Waals surface area contributed by atoms with Gasteiger partial charge in [-0.25, -0.2) is 0 Å². The van der Waals surface area contributed by atoms with Gasteiger partial charge in [0.25, 0.3) is 0 Å². The predicted molar refractivity (Wildman–Crippen MR) is 274 cm³/mol. The van der Waals surface area contributed by atoms with Gasteiger partial charge in [0.05, 0.1) is 0 Å². The molecule has 8 rings (SSSR count). The van der Waals surface area contributed by atoms with Crippen LogP contribution < -0.4 is 21.1 Å². The fourth-order valence-electron chi connectivity index (χ4n) is 10.7. The van der Waals surface area contributed by atoms with Gasteiger partial charge in [-0.3, -0.25) is 0 Å². The number of alkyl halides is 12. The van der Waals surface area contributed by atoms with Crippen LogP contribution in [0.3, 0.4) is 0 Å². The van der Waals surface area contributed by atoms with Gasteiger partial charge in [-0.05, 0) is 0 Å². The molecule has 0 atom stereocenters. The minimum atomic E-state index is -8.68. The molecule has 0 bridgehead atoms. The van der Waals surface area contributed by atoms with E-state index in [-0.39, 0.29) is 0 Å². The summed E-state index contributed by atoms with van der Waals surface area (Å²) >= 11 is -17.4. The number of hydrogen-bond acceptors (Lipinski definition) is 3. The normalized spacial score (nSPS) is 20.2. The van der Waals surface area contributed by atoms with Crippen LogP contribution in [0.1, 0.15) is 116 Å². The molecule has 0 aliphatic carbocycles. The van der Waals surface area contributed by atoms with Crippen molar-refractivity contribution in [2.24, 2.45) is 0 Å². The Labute approximate surface area is 434 Å². The van der Waals surface area contributed by atoms with E-state index < -0.39 is 126 Å². The van der Waals surface area contributed by atoms with Gasteiger partial charge in [-0.1, -0.05) is 0 Å². The van der Waals surface area contributed by atoms with Crippen LogP contribution in [-0.4, -0.2) is 61.2 Å². The summed E-state index contributed by atoms with van der Waals surface area (Å²) in [6, 6.07) is 29.0. The van der Waals surface area contributed by atoms with Crippen LogP contribution >= 0.6 is 0 Å². The van der Waals surface area contributed by atoms with E-state index in [4.69, 9.17) is 7.32 Å². The van der Waals surface area contributed by atoms with Crippen molar-refractivity contribution in [3.05, 3.63) is 179 Å². The van der Waals surface area contributed by atoms with Crippen molar-refractivity contribution >= 4 is 57.5 Å². The van der Waals surface area contributed by atoms with Crippen molar-refractivity contribution in [2.45, 2.75) is 141 Å². The van der Waals surface area contributed by atoms with E-state index in [2.05, 4.69) is 0 Å². The van der Waals surface area contributed by atoms with Gasteiger partial charge in [0.1, 0.15) is 0 Å². The van der Waals surface area contributed by atoms with Crippen molar-refractivity contribution in [2.75, 3.05) is 0 Å². The second-order valence-corrected chi connectivity index (χ2v) is 48.0. The van der Waals surface area contributed by atoms with E-state index in [1.807, 2.05) is 0 Å². The topological polar surface area (TPSA) is 27.7 Å². The molecule has 0 radical (unpaired) electrons. The molecule has 6 aromatic rings. The SMILES string of the molecule is CC(C)(C)c1cc[c]([Sb]2([O][Sb]3([c]4ccc(C(C)(C)C)cc4)([c]4ccc(C(C)(C)C)cc4)[O]C(C(F)(F)F)(C(F)(F)F)c4cccc[c]43)([c]3ccc(C(C)(C)C)cc3)[O]C(C(F)(F)F)(C(F)(F)F)c3cccc[c]32)cc1. The van der Waals surface area contributed by atoms with Gasteiger partial charge < -0.3 is 0 Å². The number of fused-ring (bicyclic) bond motifs is 2. The molecule has 0 saturated heterocycles. The number of hydrogen-bond donors (Lipinski definition) is 0. The molecule has 404 valence electrons. The summed E-state index contributed by atoms with van der Waals surface area (Å²) in [6.45, 7) is 21.6. The Bertz CT molecular complexity index is 2770. The maximum atomic E-state index is 16.7. The molecular formula is C58H60F12O3Sb2. The first-order valence-corrected chi connectivity index (χ1v) is 36.0. The molecule has 0 spiro atoms. The zero-order valence-corrected chi connectivity index (χ0v) is 48.6. The molecule has 2 aliphatic rings. The average molecular weight is 1280 g/mol. The van der Waals surface area contributed by atoms with Crippen molar-refractivity contribution in [1.82, 2.24) is 0 Å². The summed E-state index contributed by atoms with van der Waals surface area (Å²) in [5.74, 6) is 0. The Hall–Kier alpha value is -4.00. The van der Waals surface area contributed by atoms with Crippen molar-refractivity contribution in [3.63, 3.8) is 0 Å². The molecular weight excluding hydrogens is 1220 g/mol. The fourth-order valence-corrected chi connectivity index (χ4v) is 62.5. The monoisotopic (exact) mass is 1270 g/mol. The summed E-state index contributed by atoms with van der Waals surface area (Å²) in [4.78, 5) is 0. The zero-order chi connectivity index (χ0) is 55.9. The molecule has 0 unspecified atom stereocenters. The predicted octanol–water partition coefficient (Wildman–Crippen LogP) is 13.1. The van der Waals surface area contributed by atoms with Gasteiger partial charge in [0.2, 0.25) is 0 Å². The van der Waals surface area contributed by atoms with Crippen molar-refractivity contribution < 1.29 is 60.0 Å². The van der Waals surface area contributed by atoms with E-state index >= 15 is 52.7 Å². The molecule has 0 N–H and O–H groups in total. The van der Waals surface area contributed by atoms with Crippen molar-refractivity contribution in [1.29, 1.82) is 0 Å². The Morgan fingerprint density at radius 3 is 0.693 bits per heavy atom. The second kappa shape index (κ2) is 17.2. The molecule has 0 fully saturated rings. The second-order valence-electron chi connectivity index (χ2n) is 23.8. The first-order valence-electron chi connectivity index (χ1n) is 24.2. The van der Waals surface area contributed by atoms with Crippen LogP contribution in [0.4, 0.5) is 52.7 Å². The van der Waals surface area contributed by atoms with Crippen LogP contribution in [0.25, 0.3) is 0 Å². The molecule has 0 saturated carbocycles. The molecule has 2 aliphatic heterocycles. The minimum absolute atomic E-state index is 0.453. The third-order valence-corrected chi connectivity index (χ3v) is 53.4. The molecule has 2 heterocycles. The summed E-state index contributed by atoms with van der Waals surface area (Å²) in [5, 5.41) is 0. The summed E-state index contributed by atoms with van der Waals surface area (Å²) in [6.07, 6.45) is -25.7. The van der Waals surface area contributed by atoms with Crippen LogP contribution in [0.5, 0.6) is 0 Å². The Morgan fingerprint density at radius 1 is 0.307 bits per heavy atom. The average Bonchev–Trinajstić information content (AvgIpc) is 3.76. The zero-order valence-electron chi connectivity index (χ0n) is 43.5. The van der Waals surface area contributed by atoms with E-state index in [0.29, 0.717) is 34.4 Å². The third-order valence-electron chi connectivity index (χ3n) is 14.8. The van der Waals surface area contributed by atoms with E-state index in [9.17, 15) is 0 Å². The van der Waals surface area contributed by atoms with Gasteiger partial charge in [0, 0.05) is 0 Å². The van der Waals surface area contributed by atoms with E-state index in [0.717, 1.165) is 36.4 Å². The first kappa shape index (κ1) is 57.2. The number of halogens is 12. The third kappa shape index (κ3) is 8.09. The molecule has 17 heteroatoms. The molecule has 3 nitrogen and oxygen atoms in total. The maximum absolute atomic E-state index is 16.7. The number of rotatable bonds is 6. The Morgan fingerprint density at radius 2 is 0.507 bits per heavy atom. The van der Waals surface area contributed by atoms with Gasteiger partial charge in [-0.15, -0.1) is 0 Å². The summed E-state index contributed by atoms with van der Waals surface area (Å²) < 4.78 is 219. The van der Waals surface area contributed by atoms with Crippen molar-refractivity contribution in [3.8, 4) is 0 Å². The van der Waals surface area contributed by atoms with Gasteiger partial charge in [0.15, 0.2) is 0 Å². The van der Waals surface area contributed by atoms with E-state index in [1.54, 1.807) is 83.1 Å². The standard InChI is InChI=1S/4C10H13.2C9H4F6O.O.2Sb/c4*1-10(2,3)9-7-5-4-6-8-9;2*10-8(11,12)7(16,9(13,14)15)6-4-2-1-3-5-6;;;/h4*5-8H,1-3H3;2*1-4H;;;/q;;;;2*-1;;2*+1. The van der Waals surface area contributed by atoms with Crippen LogP contribution in [-0.2, 0) is 40.2 Å². The first-order chi connectivity index (χ1) is 34.1. The Kier molecular flexibility index (Phi) is 13.1. The van der Waals surface area contributed by atoms with E-state index in [1.165, 1.54) is 97.1 Å². The van der Waals surface area contributed by atoms with Gasteiger partial charge in [-0.2, -0.15) is 0 Å². The van der Waals surface area contributed by atoms with Crippen LogP contribution in [0.15, 0.2) is 146 Å². The van der Waals surface area contributed by atoms with Crippen LogP contribution in [0.2, 0.25) is 0 Å². The number of benzene rings is 6. The molecule has 0 amide bonds. The quantitative estimate of drug-likeness (QED) is 0.123. The molecule has 6 aromatic carbocycles. The molecule has 0 aromatic heterocycles.